The van der Waals surface area contributed by atoms with E-state index in [0.29, 0.717) is 0 Å². The molecule has 1 aromatic carbocycles. The molecule has 1 aliphatic rings. The van der Waals surface area contributed by atoms with Crippen molar-refractivity contribution in [1.29, 1.82) is 0 Å². The van der Waals surface area contributed by atoms with Crippen LogP contribution in [0.4, 0.5) is 4.39 Å². The molecule has 0 bridgehead atoms. The van der Waals surface area contributed by atoms with Crippen LogP contribution in [-0.2, 0) is 0 Å². The SMILES string of the molecule is Cl.Cl.Fc1cc([C@H](c2cccs2)N2CCNCC2)ccc1Cl. The van der Waals surface area contributed by atoms with Crippen LogP contribution in [0, 0.1) is 5.82 Å². The molecule has 0 saturated carbocycles. The third-order valence-corrected chi connectivity index (χ3v) is 4.82. The Labute approximate surface area is 151 Å². The summed E-state index contributed by atoms with van der Waals surface area (Å²) in [7, 11) is 0. The molecule has 0 aliphatic carbocycles. The summed E-state index contributed by atoms with van der Waals surface area (Å²) < 4.78 is 13.8. The van der Waals surface area contributed by atoms with Crippen molar-refractivity contribution in [3.63, 3.8) is 0 Å². The maximum absolute atomic E-state index is 13.8. The number of hydrogen-bond donors (Lipinski definition) is 1. The molecule has 1 aromatic heterocycles. The van der Waals surface area contributed by atoms with Gasteiger partial charge in [0.05, 0.1) is 11.1 Å². The van der Waals surface area contributed by atoms with Gasteiger partial charge in [-0.05, 0) is 29.1 Å². The minimum absolute atomic E-state index is 0. The first-order chi connectivity index (χ1) is 9.75. The van der Waals surface area contributed by atoms with Gasteiger partial charge < -0.3 is 5.32 Å². The smallest absolute Gasteiger partial charge is 0.142 e. The largest absolute Gasteiger partial charge is 0.314 e. The first-order valence-corrected chi connectivity index (χ1v) is 7.94. The van der Waals surface area contributed by atoms with Gasteiger partial charge in [0, 0.05) is 31.1 Å². The summed E-state index contributed by atoms with van der Waals surface area (Å²) in [6.07, 6.45) is 0. The van der Waals surface area contributed by atoms with Crippen LogP contribution in [0.2, 0.25) is 5.02 Å². The van der Waals surface area contributed by atoms with Gasteiger partial charge in [0.25, 0.3) is 0 Å². The molecule has 1 N–H and O–H groups in total. The van der Waals surface area contributed by atoms with Crippen molar-refractivity contribution in [3.05, 3.63) is 57.0 Å². The fraction of sp³-hybridized carbons (Fsp3) is 0.333. The Morgan fingerprint density at radius 1 is 1.18 bits per heavy atom. The second-order valence-electron chi connectivity index (χ2n) is 4.88. The predicted molar refractivity (Wildman–Crippen MR) is 96.5 cm³/mol. The number of nitrogens with zero attached hydrogens (tertiary/aromatic N) is 1. The van der Waals surface area contributed by atoms with Crippen LogP contribution in [0.25, 0.3) is 0 Å². The zero-order valence-electron chi connectivity index (χ0n) is 11.8. The van der Waals surface area contributed by atoms with E-state index in [1.165, 1.54) is 4.88 Å². The van der Waals surface area contributed by atoms with E-state index >= 15 is 0 Å². The Balaban J connectivity index is 0.00000121. The highest BCUT2D eigenvalue weighted by atomic mass is 35.5. The molecule has 2 aromatic rings. The van der Waals surface area contributed by atoms with Crippen molar-refractivity contribution in [2.45, 2.75) is 6.04 Å². The molecule has 3 rings (SSSR count). The Morgan fingerprint density at radius 3 is 2.50 bits per heavy atom. The minimum Gasteiger partial charge on any atom is -0.314 e. The average Bonchev–Trinajstić information content (AvgIpc) is 2.98. The maximum Gasteiger partial charge on any atom is 0.142 e. The molecule has 1 saturated heterocycles. The predicted octanol–water partition coefficient (Wildman–Crippen LogP) is 4.38. The molecular weight excluding hydrogens is 366 g/mol. The fourth-order valence-corrected chi connectivity index (χ4v) is 3.63. The molecule has 0 unspecified atom stereocenters. The number of thiophene rings is 1. The van der Waals surface area contributed by atoms with Crippen molar-refractivity contribution >= 4 is 47.8 Å². The Kier molecular flexibility index (Phi) is 8.11. The Bertz CT molecular complexity index is 574. The summed E-state index contributed by atoms with van der Waals surface area (Å²) in [5.41, 5.74) is 0.969. The molecule has 0 radical (unpaired) electrons. The summed E-state index contributed by atoms with van der Waals surface area (Å²) in [4.78, 5) is 3.64. The highest BCUT2D eigenvalue weighted by Gasteiger charge is 2.25. The zero-order valence-corrected chi connectivity index (χ0v) is 15.0. The van der Waals surface area contributed by atoms with E-state index in [-0.39, 0.29) is 41.7 Å². The van der Waals surface area contributed by atoms with Gasteiger partial charge in [-0.25, -0.2) is 4.39 Å². The lowest BCUT2D eigenvalue weighted by molar-refractivity contribution is 0.200. The number of piperazine rings is 1. The van der Waals surface area contributed by atoms with Crippen LogP contribution in [0.15, 0.2) is 35.7 Å². The molecule has 0 amide bonds. The van der Waals surface area contributed by atoms with E-state index in [9.17, 15) is 4.39 Å². The van der Waals surface area contributed by atoms with E-state index < -0.39 is 0 Å². The zero-order chi connectivity index (χ0) is 13.9. The first kappa shape index (κ1) is 19.7. The first-order valence-electron chi connectivity index (χ1n) is 6.69. The van der Waals surface area contributed by atoms with Crippen LogP contribution < -0.4 is 5.32 Å². The van der Waals surface area contributed by atoms with Gasteiger partial charge in [-0.3, -0.25) is 4.90 Å². The van der Waals surface area contributed by atoms with Crippen LogP contribution in [0.3, 0.4) is 0 Å². The standard InChI is InChI=1S/C15H16ClFN2S.2ClH/c16-12-4-3-11(10-13(12)17)15(14-2-1-9-20-14)19-7-5-18-6-8-19;;/h1-4,9-10,15,18H,5-8H2;2*1H/t15-;;/m1../s1. The maximum atomic E-state index is 13.8. The van der Waals surface area contributed by atoms with Gasteiger partial charge in [0.1, 0.15) is 5.82 Å². The van der Waals surface area contributed by atoms with Crippen molar-refractivity contribution in [2.75, 3.05) is 26.2 Å². The van der Waals surface area contributed by atoms with Crippen molar-refractivity contribution in [2.24, 2.45) is 0 Å². The molecular formula is C15H18Cl3FN2S. The molecule has 1 aliphatic heterocycles. The van der Waals surface area contributed by atoms with E-state index in [1.54, 1.807) is 23.5 Å². The number of hydrogen-bond acceptors (Lipinski definition) is 3. The van der Waals surface area contributed by atoms with E-state index in [4.69, 9.17) is 11.6 Å². The average molecular weight is 384 g/mol. The molecule has 0 spiro atoms. The lowest BCUT2D eigenvalue weighted by atomic mass is 10.0. The van der Waals surface area contributed by atoms with Crippen LogP contribution >= 0.6 is 47.8 Å². The van der Waals surface area contributed by atoms with Crippen molar-refractivity contribution in [1.82, 2.24) is 10.2 Å². The number of benzene rings is 1. The van der Waals surface area contributed by atoms with E-state index in [1.807, 2.05) is 12.1 Å². The van der Waals surface area contributed by atoms with Gasteiger partial charge in [-0.1, -0.05) is 23.7 Å². The summed E-state index contributed by atoms with van der Waals surface area (Å²) in [6.45, 7) is 3.87. The van der Waals surface area contributed by atoms with Crippen LogP contribution in [0.1, 0.15) is 16.5 Å². The summed E-state index contributed by atoms with van der Waals surface area (Å²) in [5.74, 6) is -0.346. The van der Waals surface area contributed by atoms with E-state index in [2.05, 4.69) is 21.7 Å². The molecule has 122 valence electrons. The quantitative estimate of drug-likeness (QED) is 0.846. The second-order valence-corrected chi connectivity index (χ2v) is 6.26. The molecule has 2 heterocycles. The molecule has 7 heteroatoms. The summed E-state index contributed by atoms with van der Waals surface area (Å²) in [6, 6.07) is 9.41. The van der Waals surface area contributed by atoms with Crippen LogP contribution in [0.5, 0.6) is 0 Å². The summed E-state index contributed by atoms with van der Waals surface area (Å²) >= 11 is 7.51. The lowest BCUT2D eigenvalue weighted by Gasteiger charge is -2.34. The van der Waals surface area contributed by atoms with Crippen molar-refractivity contribution < 1.29 is 4.39 Å². The fourth-order valence-electron chi connectivity index (χ4n) is 2.62. The third kappa shape index (κ3) is 4.34. The second kappa shape index (κ2) is 9.06. The third-order valence-electron chi connectivity index (χ3n) is 3.59. The minimum atomic E-state index is -0.346. The highest BCUT2D eigenvalue weighted by molar-refractivity contribution is 7.10. The molecule has 22 heavy (non-hydrogen) atoms. The van der Waals surface area contributed by atoms with Gasteiger partial charge in [-0.15, -0.1) is 36.2 Å². The number of rotatable bonds is 3. The Hall–Kier alpha value is -0.360. The van der Waals surface area contributed by atoms with E-state index in [0.717, 1.165) is 31.7 Å². The Morgan fingerprint density at radius 2 is 1.91 bits per heavy atom. The van der Waals surface area contributed by atoms with Crippen molar-refractivity contribution in [3.8, 4) is 0 Å². The monoisotopic (exact) mass is 382 g/mol. The number of nitrogens with one attached hydrogen (secondary N) is 1. The van der Waals surface area contributed by atoms with Gasteiger partial charge in [0.15, 0.2) is 0 Å². The normalized spacial score (nSPS) is 16.5. The lowest BCUT2D eigenvalue weighted by Crippen LogP contribution is -2.45. The molecule has 1 atom stereocenters. The topological polar surface area (TPSA) is 15.3 Å². The van der Waals surface area contributed by atoms with Gasteiger partial charge in [-0.2, -0.15) is 0 Å². The van der Waals surface area contributed by atoms with Crippen LogP contribution in [-0.4, -0.2) is 31.1 Å². The number of halogens is 4. The highest BCUT2D eigenvalue weighted by Crippen LogP contribution is 2.33. The molecule has 2 nitrogen and oxygen atoms in total. The summed E-state index contributed by atoms with van der Waals surface area (Å²) in [5, 5.41) is 5.60. The van der Waals surface area contributed by atoms with Gasteiger partial charge in [0.2, 0.25) is 0 Å². The molecule has 1 fully saturated rings. The van der Waals surface area contributed by atoms with Gasteiger partial charge >= 0.3 is 0 Å².